The van der Waals surface area contributed by atoms with E-state index in [0.29, 0.717) is 12.1 Å². The SMILES string of the molecule is C[C@H](Nc1cc(-n2nc(N3CC4CC3CN4)c3ccc(N)cc32)ccn1)c1ccccc1. The summed E-state index contributed by atoms with van der Waals surface area (Å²) in [5.41, 5.74) is 10.1. The summed E-state index contributed by atoms with van der Waals surface area (Å²) in [6.07, 6.45) is 3.01. The number of fused-ring (bicyclic) bond motifs is 3. The minimum Gasteiger partial charge on any atom is -0.399 e. The lowest BCUT2D eigenvalue weighted by Gasteiger charge is -2.27. The first-order valence-corrected chi connectivity index (χ1v) is 11.2. The number of nitrogens with zero attached hydrogens (tertiary/aromatic N) is 4. The van der Waals surface area contributed by atoms with Gasteiger partial charge in [0.1, 0.15) is 5.82 Å². The van der Waals surface area contributed by atoms with Crippen molar-refractivity contribution in [2.45, 2.75) is 31.5 Å². The van der Waals surface area contributed by atoms with E-state index in [9.17, 15) is 0 Å². The van der Waals surface area contributed by atoms with Crippen LogP contribution in [0.3, 0.4) is 0 Å². The summed E-state index contributed by atoms with van der Waals surface area (Å²) in [4.78, 5) is 7.00. The van der Waals surface area contributed by atoms with E-state index in [1.165, 1.54) is 12.0 Å². The van der Waals surface area contributed by atoms with Crippen LogP contribution in [0.2, 0.25) is 0 Å². The summed E-state index contributed by atoms with van der Waals surface area (Å²) in [6, 6.07) is 21.7. The highest BCUT2D eigenvalue weighted by Crippen LogP contribution is 2.36. The van der Waals surface area contributed by atoms with Crippen LogP contribution in [0.25, 0.3) is 16.6 Å². The number of nitrogens with one attached hydrogen (secondary N) is 2. The van der Waals surface area contributed by atoms with Gasteiger partial charge >= 0.3 is 0 Å². The molecule has 2 saturated heterocycles. The molecule has 0 aliphatic carbocycles. The van der Waals surface area contributed by atoms with E-state index in [-0.39, 0.29) is 6.04 Å². The van der Waals surface area contributed by atoms with Crippen LogP contribution in [0.1, 0.15) is 24.9 Å². The third kappa shape index (κ3) is 3.26. The summed E-state index contributed by atoms with van der Waals surface area (Å²) in [6.45, 7) is 4.16. The second kappa shape index (κ2) is 7.53. The Labute approximate surface area is 187 Å². The average Bonchev–Trinajstić information content (AvgIpc) is 3.54. The molecule has 4 aromatic rings. The molecular formula is C25H27N7. The van der Waals surface area contributed by atoms with Crippen molar-refractivity contribution in [2.24, 2.45) is 0 Å². The monoisotopic (exact) mass is 425 g/mol. The fraction of sp³-hybridized carbons (Fsp3) is 0.280. The van der Waals surface area contributed by atoms with Crippen molar-refractivity contribution >= 4 is 28.2 Å². The van der Waals surface area contributed by atoms with Gasteiger partial charge in [0.25, 0.3) is 0 Å². The Morgan fingerprint density at radius 3 is 2.78 bits per heavy atom. The Morgan fingerprint density at radius 1 is 1.12 bits per heavy atom. The minimum absolute atomic E-state index is 0.146. The second-order valence-corrected chi connectivity index (χ2v) is 8.84. The second-order valence-electron chi connectivity index (χ2n) is 8.84. The number of anilines is 3. The molecular weight excluding hydrogens is 398 g/mol. The van der Waals surface area contributed by atoms with Gasteiger partial charge in [-0.1, -0.05) is 30.3 Å². The van der Waals surface area contributed by atoms with E-state index in [1.807, 2.05) is 35.1 Å². The number of pyridine rings is 1. The maximum atomic E-state index is 6.16. The summed E-state index contributed by atoms with van der Waals surface area (Å²) in [5, 5.41) is 13.3. The summed E-state index contributed by atoms with van der Waals surface area (Å²) in [7, 11) is 0. The molecule has 0 saturated carbocycles. The molecule has 4 N–H and O–H groups in total. The van der Waals surface area contributed by atoms with Crippen molar-refractivity contribution in [3.63, 3.8) is 0 Å². The Balaban J connectivity index is 1.38. The molecule has 2 aliphatic heterocycles. The zero-order chi connectivity index (χ0) is 21.7. The maximum absolute atomic E-state index is 6.16. The summed E-state index contributed by atoms with van der Waals surface area (Å²) in [5.74, 6) is 1.86. The van der Waals surface area contributed by atoms with E-state index >= 15 is 0 Å². The molecule has 32 heavy (non-hydrogen) atoms. The first kappa shape index (κ1) is 19.1. The number of aromatic nitrogens is 3. The molecule has 4 heterocycles. The number of nitrogen functional groups attached to an aromatic ring is 1. The van der Waals surface area contributed by atoms with Gasteiger partial charge in [-0.3, -0.25) is 0 Å². The van der Waals surface area contributed by atoms with Gasteiger partial charge < -0.3 is 21.3 Å². The van der Waals surface area contributed by atoms with Crippen molar-refractivity contribution in [3.05, 3.63) is 72.4 Å². The predicted octanol–water partition coefficient (Wildman–Crippen LogP) is 3.73. The summed E-state index contributed by atoms with van der Waals surface area (Å²) >= 11 is 0. The standard InChI is InChI=1S/C25H27N7/c1-16(17-5-3-2-4-6-17)29-24-13-20(9-10-27-24)32-23-11-18(26)7-8-22(23)25(30-32)31-15-19-12-21(31)14-28-19/h2-11,13,16,19,21,28H,12,14-15,26H2,1H3,(H,27,29)/t16-,19?,21?/m0/s1. The van der Waals surface area contributed by atoms with Gasteiger partial charge in [-0.05, 0) is 43.2 Å². The van der Waals surface area contributed by atoms with Crippen molar-refractivity contribution in [1.82, 2.24) is 20.1 Å². The zero-order valence-electron chi connectivity index (χ0n) is 18.1. The lowest BCUT2D eigenvalue weighted by molar-refractivity contribution is 0.575. The maximum Gasteiger partial charge on any atom is 0.159 e. The summed E-state index contributed by atoms with van der Waals surface area (Å²) < 4.78 is 2.00. The molecule has 2 aliphatic rings. The largest absolute Gasteiger partial charge is 0.399 e. The molecule has 2 fully saturated rings. The first-order chi connectivity index (χ1) is 15.7. The third-order valence-electron chi connectivity index (χ3n) is 6.67. The van der Waals surface area contributed by atoms with E-state index in [2.05, 4.69) is 63.8 Å². The van der Waals surface area contributed by atoms with Gasteiger partial charge in [-0.15, -0.1) is 5.10 Å². The number of benzene rings is 2. The quantitative estimate of drug-likeness (QED) is 0.423. The van der Waals surface area contributed by atoms with Crippen molar-refractivity contribution in [1.29, 1.82) is 0 Å². The molecule has 0 amide bonds. The molecule has 2 aromatic carbocycles. The van der Waals surface area contributed by atoms with Crippen LogP contribution < -0.4 is 21.3 Å². The molecule has 7 heteroatoms. The molecule has 6 rings (SSSR count). The highest BCUT2D eigenvalue weighted by Gasteiger charge is 2.39. The molecule has 7 nitrogen and oxygen atoms in total. The number of nitrogens with two attached hydrogens (primary N) is 1. The fourth-order valence-electron chi connectivity index (χ4n) is 5.02. The fourth-order valence-corrected chi connectivity index (χ4v) is 5.02. The van der Waals surface area contributed by atoms with Gasteiger partial charge in [0.2, 0.25) is 0 Å². The number of rotatable bonds is 5. The van der Waals surface area contributed by atoms with Gasteiger partial charge in [0.15, 0.2) is 5.82 Å². The van der Waals surface area contributed by atoms with Gasteiger partial charge in [-0.25, -0.2) is 9.67 Å². The van der Waals surface area contributed by atoms with Crippen LogP contribution in [-0.4, -0.2) is 39.9 Å². The van der Waals surface area contributed by atoms with Gasteiger partial charge in [0, 0.05) is 54.6 Å². The first-order valence-electron chi connectivity index (χ1n) is 11.2. The third-order valence-corrected chi connectivity index (χ3v) is 6.67. The van der Waals surface area contributed by atoms with Crippen molar-refractivity contribution in [2.75, 3.05) is 29.0 Å². The number of hydrogen-bond acceptors (Lipinski definition) is 6. The van der Waals surface area contributed by atoms with Crippen LogP contribution in [0.4, 0.5) is 17.3 Å². The lowest BCUT2D eigenvalue weighted by Crippen LogP contribution is -2.43. The van der Waals surface area contributed by atoms with Crippen molar-refractivity contribution in [3.8, 4) is 5.69 Å². The normalized spacial score (nSPS) is 20.7. The molecule has 2 bridgehead atoms. The predicted molar refractivity (Wildman–Crippen MR) is 129 cm³/mol. The van der Waals surface area contributed by atoms with Crippen LogP contribution in [0.15, 0.2) is 66.9 Å². The van der Waals surface area contributed by atoms with E-state index in [4.69, 9.17) is 10.8 Å². The Hall–Kier alpha value is -3.58. The molecule has 3 atom stereocenters. The highest BCUT2D eigenvalue weighted by molar-refractivity contribution is 5.94. The van der Waals surface area contributed by atoms with Crippen LogP contribution in [0, 0.1) is 0 Å². The van der Waals surface area contributed by atoms with Gasteiger partial charge in [-0.2, -0.15) is 0 Å². The number of piperazine rings is 1. The Kier molecular flexibility index (Phi) is 4.50. The van der Waals surface area contributed by atoms with Crippen LogP contribution in [-0.2, 0) is 0 Å². The lowest BCUT2D eigenvalue weighted by atomic mass is 10.1. The van der Waals surface area contributed by atoms with Gasteiger partial charge in [0.05, 0.1) is 11.2 Å². The zero-order valence-corrected chi connectivity index (χ0v) is 18.1. The van der Waals surface area contributed by atoms with Crippen molar-refractivity contribution < 1.29 is 0 Å². The number of hydrogen-bond donors (Lipinski definition) is 3. The van der Waals surface area contributed by atoms with E-state index in [0.717, 1.165) is 47.0 Å². The van der Waals surface area contributed by atoms with Crippen LogP contribution in [0.5, 0.6) is 0 Å². The molecule has 0 spiro atoms. The molecule has 2 aromatic heterocycles. The Bertz CT molecular complexity index is 1270. The van der Waals surface area contributed by atoms with E-state index < -0.39 is 0 Å². The van der Waals surface area contributed by atoms with Crippen LogP contribution >= 0.6 is 0 Å². The van der Waals surface area contributed by atoms with E-state index in [1.54, 1.807) is 0 Å². The molecule has 0 radical (unpaired) electrons. The smallest absolute Gasteiger partial charge is 0.159 e. The minimum atomic E-state index is 0.146. The average molecular weight is 426 g/mol. The Morgan fingerprint density at radius 2 is 2.00 bits per heavy atom. The topological polar surface area (TPSA) is 84.0 Å². The molecule has 2 unspecified atom stereocenters. The highest BCUT2D eigenvalue weighted by atomic mass is 15.4. The molecule has 162 valence electrons.